The molecule has 0 aromatic rings. The molecule has 0 bridgehead atoms. The van der Waals surface area contributed by atoms with Crippen LogP contribution in [0, 0.1) is 35.6 Å². The fourth-order valence-electron chi connectivity index (χ4n) is 0. The molecule has 36 valence electrons. The molecule has 7 heteroatoms. The standard InChI is InChI=1S/BH3O3.Cr.La.Sc/c2-1(3)4;;;/h2-4H;;;. The third-order valence-electron chi connectivity index (χ3n) is 0. The van der Waals surface area contributed by atoms with Crippen LogP contribution in [-0.2, 0) is 43.2 Å². The van der Waals surface area contributed by atoms with Gasteiger partial charge in [0.05, 0.1) is 0 Å². The summed E-state index contributed by atoms with van der Waals surface area (Å²) in [5.41, 5.74) is 0. The Morgan fingerprint density at radius 2 is 1.00 bits per heavy atom. The molecule has 0 aliphatic heterocycles. The van der Waals surface area contributed by atoms with Gasteiger partial charge in [-0.25, -0.2) is 0 Å². The van der Waals surface area contributed by atoms with E-state index in [4.69, 9.17) is 15.1 Å². The first-order valence-electron chi connectivity index (χ1n) is 0.775. The summed E-state index contributed by atoms with van der Waals surface area (Å²) in [4.78, 5) is 0. The number of rotatable bonds is 0. The quantitative estimate of drug-likeness (QED) is 0.451. The Kier molecular flexibility index (Phi) is 51.2. The van der Waals surface area contributed by atoms with Gasteiger partial charge in [0.15, 0.2) is 0 Å². The van der Waals surface area contributed by atoms with Crippen molar-refractivity contribution in [2.45, 2.75) is 0 Å². The zero-order chi connectivity index (χ0) is 3.58. The summed E-state index contributed by atoms with van der Waals surface area (Å²) in [7, 11) is -2.17. The van der Waals surface area contributed by atoms with Crippen molar-refractivity contribution < 1.29 is 93.9 Å². The summed E-state index contributed by atoms with van der Waals surface area (Å²) in [6, 6.07) is 0. The van der Waals surface area contributed by atoms with E-state index in [0.717, 1.165) is 0 Å². The Morgan fingerprint density at radius 1 is 1.00 bits per heavy atom. The summed E-state index contributed by atoms with van der Waals surface area (Å²) in [6.45, 7) is 0. The van der Waals surface area contributed by atoms with Gasteiger partial charge in [0.1, 0.15) is 0 Å². The van der Waals surface area contributed by atoms with Crippen molar-refractivity contribution >= 4 is 7.32 Å². The molecule has 0 unspecified atom stereocenters. The summed E-state index contributed by atoms with van der Waals surface area (Å²) in [5.74, 6) is 0. The summed E-state index contributed by atoms with van der Waals surface area (Å²) in [5, 5.41) is 21.5. The van der Waals surface area contributed by atoms with E-state index < -0.39 is 7.32 Å². The molecule has 3 nitrogen and oxygen atoms in total. The van der Waals surface area contributed by atoms with Crippen LogP contribution in [0.5, 0.6) is 0 Å². The Labute approximate surface area is 99.6 Å². The van der Waals surface area contributed by atoms with Gasteiger partial charge in [-0.1, -0.05) is 0 Å². The van der Waals surface area contributed by atoms with Crippen LogP contribution in [-0.4, -0.2) is 22.4 Å². The second kappa shape index (κ2) is 15.8. The van der Waals surface area contributed by atoms with Gasteiger partial charge in [0, 0.05) is 78.8 Å². The van der Waals surface area contributed by atoms with Gasteiger partial charge >= 0.3 is 7.32 Å². The molecule has 0 fully saturated rings. The molecule has 0 saturated heterocycles. The van der Waals surface area contributed by atoms with Crippen molar-refractivity contribution in [2.75, 3.05) is 0 Å². The molecule has 2 radical (unpaired) electrons. The molecule has 3 N–H and O–H groups in total. The Morgan fingerprint density at radius 3 is 1.00 bits per heavy atom. The van der Waals surface area contributed by atoms with Crippen LogP contribution in [0.25, 0.3) is 0 Å². The van der Waals surface area contributed by atoms with E-state index in [1.807, 2.05) is 0 Å². The van der Waals surface area contributed by atoms with Gasteiger partial charge in [0.2, 0.25) is 0 Å². The predicted octanol–water partition coefficient (Wildman–Crippen LogP) is -2.06. The van der Waals surface area contributed by atoms with Gasteiger partial charge in [-0.15, -0.1) is 0 Å². The fraction of sp³-hybridized carbons (Fsp3) is 0. The van der Waals surface area contributed by atoms with E-state index in [1.54, 1.807) is 0 Å². The maximum atomic E-state index is 7.17. The minimum atomic E-state index is -2.17. The number of hydrogen-bond acceptors (Lipinski definition) is 3. The monoisotopic (exact) mass is 298 g/mol. The molecule has 0 spiro atoms. The van der Waals surface area contributed by atoms with Crippen molar-refractivity contribution in [1.29, 1.82) is 0 Å². The van der Waals surface area contributed by atoms with Crippen LogP contribution in [0.2, 0.25) is 0 Å². The average Bonchev–Trinajstić information content (AvgIpc) is 0.811. The zero-order valence-corrected chi connectivity index (χ0v) is 10.2. The molecule has 0 heterocycles. The topological polar surface area (TPSA) is 60.7 Å². The van der Waals surface area contributed by atoms with Crippen LogP contribution in [0.4, 0.5) is 0 Å². The molecule has 0 aromatic heterocycles. The van der Waals surface area contributed by atoms with Crippen molar-refractivity contribution in [3.8, 4) is 0 Å². The van der Waals surface area contributed by atoms with Crippen LogP contribution < -0.4 is 0 Å². The smallest absolute Gasteiger partial charge is 0.402 e. The number of hydrogen-bond donors (Lipinski definition) is 3. The van der Waals surface area contributed by atoms with Crippen molar-refractivity contribution in [2.24, 2.45) is 0 Å². The molecular formula is H3BCrLaO3Sc. The van der Waals surface area contributed by atoms with Crippen LogP contribution >= 0.6 is 0 Å². The van der Waals surface area contributed by atoms with Gasteiger partial charge in [-0.05, 0) is 0 Å². The summed E-state index contributed by atoms with van der Waals surface area (Å²) in [6.07, 6.45) is 0. The first-order chi connectivity index (χ1) is 1.73. The van der Waals surface area contributed by atoms with Crippen molar-refractivity contribution in [3.05, 3.63) is 0 Å². The van der Waals surface area contributed by atoms with E-state index in [9.17, 15) is 0 Å². The van der Waals surface area contributed by atoms with E-state index in [2.05, 4.69) is 0 Å². The predicted molar refractivity (Wildman–Crippen MR) is 12.4 cm³/mol. The molecule has 0 saturated carbocycles. The van der Waals surface area contributed by atoms with E-state index in [1.165, 1.54) is 0 Å². The van der Waals surface area contributed by atoms with Gasteiger partial charge in [-0.2, -0.15) is 0 Å². The third-order valence-corrected chi connectivity index (χ3v) is 0. The maximum Gasteiger partial charge on any atom is 0.631 e. The zero-order valence-electron chi connectivity index (χ0n) is 3.48. The third kappa shape index (κ3) is 56.6. The Bertz CT molecular complexity index is 19.7. The largest absolute Gasteiger partial charge is 0.631 e. The Balaban J connectivity index is -0.0000000150. The molecule has 0 aliphatic carbocycles. The van der Waals surface area contributed by atoms with E-state index >= 15 is 0 Å². The summed E-state index contributed by atoms with van der Waals surface area (Å²) < 4.78 is 0. The van der Waals surface area contributed by atoms with Crippen LogP contribution in [0.3, 0.4) is 0 Å². The summed E-state index contributed by atoms with van der Waals surface area (Å²) >= 11 is 0. The molecule has 0 rings (SSSR count). The normalized spacial score (nSPS) is 3.86. The fourth-order valence-corrected chi connectivity index (χ4v) is 0. The first-order valence-corrected chi connectivity index (χ1v) is 0.775. The molecule has 0 aromatic carbocycles. The van der Waals surface area contributed by atoms with E-state index in [0.29, 0.717) is 0 Å². The molecule has 0 amide bonds. The second-order valence-corrected chi connectivity index (χ2v) is 0.346. The van der Waals surface area contributed by atoms with Crippen LogP contribution in [0.15, 0.2) is 0 Å². The van der Waals surface area contributed by atoms with Crippen LogP contribution in [0.1, 0.15) is 0 Å². The van der Waals surface area contributed by atoms with Crippen molar-refractivity contribution in [1.82, 2.24) is 0 Å². The maximum absolute atomic E-state index is 7.17. The average molecular weight is 298 g/mol. The van der Waals surface area contributed by atoms with Crippen molar-refractivity contribution in [3.63, 3.8) is 0 Å². The van der Waals surface area contributed by atoms with E-state index in [-0.39, 0.29) is 78.8 Å². The van der Waals surface area contributed by atoms with Gasteiger partial charge in [0.25, 0.3) is 0 Å². The molecule has 0 atom stereocenters. The SMILES string of the molecule is OB(O)O.[Cr].[La].[Sc]. The Hall–Kier alpha value is 2.54. The minimum Gasteiger partial charge on any atom is -0.402 e. The van der Waals surface area contributed by atoms with Gasteiger partial charge < -0.3 is 15.1 Å². The molecule has 7 heavy (non-hydrogen) atoms. The molecule has 0 aliphatic rings. The van der Waals surface area contributed by atoms with Gasteiger partial charge in [-0.3, -0.25) is 0 Å². The first kappa shape index (κ1) is 22.7. The molecular weight excluding hydrogens is 295 g/mol. The minimum absolute atomic E-state index is 0. The second-order valence-electron chi connectivity index (χ2n) is 0.346.